The highest BCUT2D eigenvalue weighted by atomic mass is 16.6. The van der Waals surface area contributed by atoms with Crippen LogP contribution in [0.25, 0.3) is 11.2 Å². The summed E-state index contributed by atoms with van der Waals surface area (Å²) in [6.07, 6.45) is 1.31. The third-order valence-electron chi connectivity index (χ3n) is 3.14. The van der Waals surface area contributed by atoms with Crippen molar-refractivity contribution in [3.63, 3.8) is 0 Å². The zero-order valence-electron chi connectivity index (χ0n) is 10.6. The molecule has 2 aromatic heterocycles. The highest BCUT2D eigenvalue weighted by Crippen LogP contribution is 2.34. The summed E-state index contributed by atoms with van der Waals surface area (Å²) in [6.45, 7) is -0.425. The molecule has 2 atom stereocenters. The van der Waals surface area contributed by atoms with Gasteiger partial charge in [0.15, 0.2) is 29.1 Å². The molecule has 0 bridgehead atoms. The molecule has 0 aromatic carbocycles. The van der Waals surface area contributed by atoms with E-state index in [1.807, 2.05) is 0 Å². The van der Waals surface area contributed by atoms with E-state index in [-0.39, 0.29) is 17.3 Å². The molecule has 0 radical (unpaired) electrons. The van der Waals surface area contributed by atoms with Crippen LogP contribution in [0.3, 0.4) is 0 Å². The largest absolute Gasteiger partial charge is 0.506 e. The maximum absolute atomic E-state index is 9.92. The fraction of sp³-hybridized carbons (Fsp3) is 0.364. The zero-order chi connectivity index (χ0) is 14.3. The fourth-order valence-corrected chi connectivity index (χ4v) is 2.17. The number of aliphatic hydroxyl groups excluding tert-OH is 2. The van der Waals surface area contributed by atoms with Crippen molar-refractivity contribution >= 4 is 17.0 Å². The van der Waals surface area contributed by atoms with Crippen LogP contribution < -0.4 is 5.73 Å². The number of nitrogens with two attached hydrogens (primary N) is 1. The number of anilines is 1. The Bertz CT molecular complexity index is 683. The molecule has 0 saturated carbocycles. The summed E-state index contributed by atoms with van der Waals surface area (Å²) in [7, 11) is 1.43. The summed E-state index contributed by atoms with van der Waals surface area (Å²) in [6, 6.07) is 0. The van der Waals surface area contributed by atoms with Gasteiger partial charge in [0, 0.05) is 7.11 Å². The van der Waals surface area contributed by atoms with Gasteiger partial charge in [0.05, 0.1) is 0 Å². The maximum atomic E-state index is 9.92. The number of nitrogen functional groups attached to an aromatic ring is 1. The predicted molar refractivity (Wildman–Crippen MR) is 67.4 cm³/mol. The van der Waals surface area contributed by atoms with E-state index in [1.54, 1.807) is 4.57 Å². The minimum absolute atomic E-state index is 0.0609. The standard InChI is InChI=1S/C11H13N5O4/c1-19-8-7(18)5(2-17)20-11(8)16-4-15-6-9(12)13-3-14-10(6)16/h3-4,8,11,17-18H,2H2,1H3,(H2,12,13,14)/t8?,11-/m1/s1. The smallest absolute Gasteiger partial charge is 0.212 e. The number of nitrogens with zero attached hydrogens (tertiary/aromatic N) is 4. The molecule has 0 aliphatic carbocycles. The molecule has 3 rings (SSSR count). The lowest BCUT2D eigenvalue weighted by Gasteiger charge is -2.19. The van der Waals surface area contributed by atoms with Crippen LogP contribution in [0.4, 0.5) is 5.82 Å². The molecule has 0 saturated heterocycles. The minimum Gasteiger partial charge on any atom is -0.506 e. The Hall–Kier alpha value is -2.39. The number of ether oxygens (including phenoxy) is 2. The average Bonchev–Trinajstić information content (AvgIpc) is 3.00. The molecule has 0 spiro atoms. The lowest BCUT2D eigenvalue weighted by atomic mass is 10.2. The monoisotopic (exact) mass is 279 g/mol. The van der Waals surface area contributed by atoms with Crippen LogP contribution in [0.1, 0.15) is 6.23 Å². The third kappa shape index (κ3) is 1.67. The van der Waals surface area contributed by atoms with E-state index in [4.69, 9.17) is 20.3 Å². The molecule has 2 aromatic rings. The van der Waals surface area contributed by atoms with Crippen LogP contribution in [0.5, 0.6) is 0 Å². The maximum Gasteiger partial charge on any atom is 0.212 e. The SMILES string of the molecule is COC1C(O)=C(CO)O[C@H]1n1cnc2c(N)ncnc21. The highest BCUT2D eigenvalue weighted by molar-refractivity contribution is 5.81. The fourth-order valence-electron chi connectivity index (χ4n) is 2.17. The summed E-state index contributed by atoms with van der Waals surface area (Å²) in [5.41, 5.74) is 6.61. The lowest BCUT2D eigenvalue weighted by molar-refractivity contribution is -0.0329. The molecular weight excluding hydrogens is 266 g/mol. The summed E-state index contributed by atoms with van der Waals surface area (Å²) >= 11 is 0. The van der Waals surface area contributed by atoms with Gasteiger partial charge in [0.2, 0.25) is 6.23 Å². The Balaban J connectivity index is 2.06. The predicted octanol–water partition coefficient (Wildman–Crippen LogP) is -0.286. The van der Waals surface area contributed by atoms with Gasteiger partial charge in [-0.05, 0) is 0 Å². The highest BCUT2D eigenvalue weighted by Gasteiger charge is 2.39. The van der Waals surface area contributed by atoms with Crippen molar-refractivity contribution in [3.8, 4) is 0 Å². The van der Waals surface area contributed by atoms with Gasteiger partial charge in [0.1, 0.15) is 24.8 Å². The van der Waals surface area contributed by atoms with Gasteiger partial charge in [-0.2, -0.15) is 0 Å². The van der Waals surface area contributed by atoms with Crippen LogP contribution in [-0.2, 0) is 9.47 Å². The van der Waals surface area contributed by atoms with Crippen LogP contribution >= 0.6 is 0 Å². The second kappa shape index (κ2) is 4.62. The van der Waals surface area contributed by atoms with Gasteiger partial charge in [-0.1, -0.05) is 0 Å². The van der Waals surface area contributed by atoms with Crippen molar-refractivity contribution in [1.29, 1.82) is 0 Å². The molecule has 1 aliphatic heterocycles. The van der Waals surface area contributed by atoms with Crippen LogP contribution in [0.2, 0.25) is 0 Å². The van der Waals surface area contributed by atoms with E-state index < -0.39 is 18.9 Å². The van der Waals surface area contributed by atoms with Crippen molar-refractivity contribution in [2.45, 2.75) is 12.3 Å². The molecule has 1 aliphatic rings. The average molecular weight is 279 g/mol. The van der Waals surface area contributed by atoms with Crippen LogP contribution in [0, 0.1) is 0 Å². The van der Waals surface area contributed by atoms with Crippen molar-refractivity contribution in [3.05, 3.63) is 24.2 Å². The first-order chi connectivity index (χ1) is 9.67. The normalized spacial score (nSPS) is 22.5. The molecule has 106 valence electrons. The van der Waals surface area contributed by atoms with E-state index in [9.17, 15) is 5.11 Å². The molecule has 20 heavy (non-hydrogen) atoms. The number of rotatable bonds is 3. The van der Waals surface area contributed by atoms with Gasteiger partial charge >= 0.3 is 0 Å². The zero-order valence-corrected chi connectivity index (χ0v) is 10.6. The quantitative estimate of drug-likeness (QED) is 0.699. The second-order valence-corrected chi connectivity index (χ2v) is 4.21. The Kier molecular flexibility index (Phi) is 2.92. The van der Waals surface area contributed by atoms with Crippen molar-refractivity contribution in [2.75, 3.05) is 19.5 Å². The van der Waals surface area contributed by atoms with Gasteiger partial charge in [-0.15, -0.1) is 0 Å². The van der Waals surface area contributed by atoms with Crippen molar-refractivity contribution in [1.82, 2.24) is 19.5 Å². The second-order valence-electron chi connectivity index (χ2n) is 4.21. The Morgan fingerprint density at radius 1 is 1.45 bits per heavy atom. The van der Waals surface area contributed by atoms with E-state index >= 15 is 0 Å². The molecular formula is C11H13N5O4. The number of hydrogen-bond acceptors (Lipinski definition) is 8. The first-order valence-corrected chi connectivity index (χ1v) is 5.82. The molecule has 3 heterocycles. The summed E-state index contributed by atoms with van der Waals surface area (Å²) < 4.78 is 12.3. The number of methoxy groups -OCH3 is 1. The van der Waals surface area contributed by atoms with Crippen LogP contribution in [0.15, 0.2) is 24.2 Å². The molecule has 0 fully saturated rings. The van der Waals surface area contributed by atoms with Gasteiger partial charge < -0.3 is 25.4 Å². The summed E-state index contributed by atoms with van der Waals surface area (Å²) in [4.78, 5) is 12.1. The number of imidazole rings is 1. The Morgan fingerprint density at radius 3 is 2.95 bits per heavy atom. The molecule has 1 unspecified atom stereocenters. The summed E-state index contributed by atoms with van der Waals surface area (Å²) in [5, 5.41) is 19.1. The molecule has 4 N–H and O–H groups in total. The third-order valence-corrected chi connectivity index (χ3v) is 3.14. The topological polar surface area (TPSA) is 129 Å². The molecule has 9 heteroatoms. The number of aliphatic hydroxyl groups is 2. The van der Waals surface area contributed by atoms with E-state index in [2.05, 4.69) is 15.0 Å². The molecule has 9 nitrogen and oxygen atoms in total. The van der Waals surface area contributed by atoms with Crippen LogP contribution in [-0.4, -0.2) is 49.6 Å². The van der Waals surface area contributed by atoms with E-state index in [0.29, 0.717) is 11.2 Å². The first-order valence-electron chi connectivity index (χ1n) is 5.82. The van der Waals surface area contributed by atoms with Gasteiger partial charge in [0.25, 0.3) is 0 Å². The molecule has 0 amide bonds. The Labute approximate surface area is 113 Å². The number of aromatic nitrogens is 4. The number of fused-ring (bicyclic) bond motifs is 1. The summed E-state index contributed by atoms with van der Waals surface area (Å²) in [5.74, 6) is 0.162. The lowest BCUT2D eigenvalue weighted by Crippen LogP contribution is -2.24. The van der Waals surface area contributed by atoms with Crippen molar-refractivity contribution in [2.24, 2.45) is 0 Å². The van der Waals surface area contributed by atoms with E-state index in [1.165, 1.54) is 19.8 Å². The van der Waals surface area contributed by atoms with Crippen molar-refractivity contribution < 1.29 is 19.7 Å². The number of hydrogen-bond donors (Lipinski definition) is 3. The Morgan fingerprint density at radius 2 is 2.25 bits per heavy atom. The van der Waals surface area contributed by atoms with Gasteiger partial charge in [-0.3, -0.25) is 4.57 Å². The van der Waals surface area contributed by atoms with Gasteiger partial charge in [-0.25, -0.2) is 15.0 Å². The first kappa shape index (κ1) is 12.6. The van der Waals surface area contributed by atoms with E-state index in [0.717, 1.165) is 0 Å². The minimum atomic E-state index is -0.759.